The highest BCUT2D eigenvalue weighted by molar-refractivity contribution is 6.42. The molecule has 0 saturated carbocycles. The van der Waals surface area contributed by atoms with Gasteiger partial charge in [0.15, 0.2) is 0 Å². The van der Waals surface area contributed by atoms with Gasteiger partial charge in [0.2, 0.25) is 11.8 Å². The summed E-state index contributed by atoms with van der Waals surface area (Å²) >= 11 is 11.9. The van der Waals surface area contributed by atoms with Gasteiger partial charge >= 0.3 is 0 Å². The largest absolute Gasteiger partial charge is 0.343 e. The summed E-state index contributed by atoms with van der Waals surface area (Å²) < 4.78 is 0. The number of amides is 2. The summed E-state index contributed by atoms with van der Waals surface area (Å²) in [5, 5.41) is 3.70. The van der Waals surface area contributed by atoms with E-state index in [4.69, 9.17) is 23.2 Å². The van der Waals surface area contributed by atoms with E-state index < -0.39 is 12.1 Å². The van der Waals surface area contributed by atoms with Crippen LogP contribution < -0.4 is 5.32 Å². The minimum absolute atomic E-state index is 0.0463. The molecule has 0 spiro atoms. The highest BCUT2D eigenvalue weighted by atomic mass is 35.5. The Morgan fingerprint density at radius 3 is 2.43 bits per heavy atom. The Morgan fingerprint density at radius 2 is 1.86 bits per heavy atom. The average Bonchev–Trinajstić information content (AvgIpc) is 2.46. The number of nitrogens with zero attached hydrogens (tertiary/aromatic N) is 1. The predicted octanol–water partition coefficient (Wildman–Crippen LogP) is 3.01. The van der Waals surface area contributed by atoms with Crippen LogP contribution in [0.15, 0.2) is 18.2 Å². The molecule has 1 fully saturated rings. The maximum absolute atomic E-state index is 12.5. The lowest BCUT2D eigenvalue weighted by atomic mass is 10.0. The van der Waals surface area contributed by atoms with Crippen LogP contribution in [0.1, 0.15) is 32.3 Å². The average molecular weight is 329 g/mol. The van der Waals surface area contributed by atoms with E-state index in [0.29, 0.717) is 29.4 Å². The van der Waals surface area contributed by atoms with E-state index in [9.17, 15) is 9.59 Å². The van der Waals surface area contributed by atoms with Gasteiger partial charge in [-0.3, -0.25) is 9.59 Å². The van der Waals surface area contributed by atoms with Crippen LogP contribution in [-0.4, -0.2) is 28.8 Å². The summed E-state index contributed by atoms with van der Waals surface area (Å²) in [7, 11) is 0. The lowest BCUT2D eigenvalue weighted by Crippen LogP contribution is -2.62. The van der Waals surface area contributed by atoms with Crippen LogP contribution >= 0.6 is 23.2 Å². The van der Waals surface area contributed by atoms with E-state index in [2.05, 4.69) is 5.32 Å². The quantitative estimate of drug-likeness (QED) is 0.923. The van der Waals surface area contributed by atoms with Crippen LogP contribution in [0.2, 0.25) is 10.0 Å². The van der Waals surface area contributed by atoms with E-state index in [1.165, 1.54) is 0 Å². The molecular formula is C15H18Cl2N2O2. The number of rotatable bonds is 4. The molecule has 1 aliphatic heterocycles. The number of carbonyl (C=O) groups excluding carboxylic acids is 2. The SMILES string of the molecule is CCC1NC(=O)C(CC)N(Cc2ccc(Cl)c(Cl)c2)C1=O. The summed E-state index contributed by atoms with van der Waals surface area (Å²) in [6.45, 7) is 4.14. The second-order valence-electron chi connectivity index (χ2n) is 5.11. The maximum Gasteiger partial charge on any atom is 0.246 e. The van der Waals surface area contributed by atoms with E-state index in [-0.39, 0.29) is 11.8 Å². The number of piperazine rings is 1. The van der Waals surface area contributed by atoms with Crippen molar-refractivity contribution in [3.05, 3.63) is 33.8 Å². The van der Waals surface area contributed by atoms with E-state index >= 15 is 0 Å². The lowest BCUT2D eigenvalue weighted by Gasteiger charge is -2.38. The molecule has 2 amide bonds. The van der Waals surface area contributed by atoms with Gasteiger partial charge < -0.3 is 10.2 Å². The van der Waals surface area contributed by atoms with Gasteiger partial charge in [0.1, 0.15) is 12.1 Å². The fraction of sp³-hybridized carbons (Fsp3) is 0.467. The third kappa shape index (κ3) is 3.33. The van der Waals surface area contributed by atoms with Crippen molar-refractivity contribution in [1.29, 1.82) is 0 Å². The molecule has 0 aromatic heterocycles. The van der Waals surface area contributed by atoms with Crippen molar-refractivity contribution in [2.75, 3.05) is 0 Å². The Hall–Kier alpha value is -1.26. The van der Waals surface area contributed by atoms with Crippen molar-refractivity contribution in [1.82, 2.24) is 10.2 Å². The maximum atomic E-state index is 12.5. The molecule has 6 heteroatoms. The minimum Gasteiger partial charge on any atom is -0.343 e. The highest BCUT2D eigenvalue weighted by Gasteiger charge is 2.38. The molecule has 114 valence electrons. The van der Waals surface area contributed by atoms with Crippen LogP contribution in [0.5, 0.6) is 0 Å². The molecule has 1 aliphatic rings. The first-order chi connectivity index (χ1) is 9.97. The molecule has 0 aliphatic carbocycles. The van der Waals surface area contributed by atoms with Gasteiger partial charge in [-0.25, -0.2) is 0 Å². The number of hydrogen-bond donors (Lipinski definition) is 1. The topological polar surface area (TPSA) is 49.4 Å². The fourth-order valence-corrected chi connectivity index (χ4v) is 2.85. The van der Waals surface area contributed by atoms with Gasteiger partial charge in [0.05, 0.1) is 10.0 Å². The van der Waals surface area contributed by atoms with Crippen LogP contribution in [0.4, 0.5) is 0 Å². The van der Waals surface area contributed by atoms with Crippen molar-refractivity contribution in [2.45, 2.75) is 45.3 Å². The van der Waals surface area contributed by atoms with E-state index in [1.807, 2.05) is 19.9 Å². The molecule has 2 unspecified atom stereocenters. The van der Waals surface area contributed by atoms with Crippen molar-refractivity contribution in [2.24, 2.45) is 0 Å². The molecule has 2 atom stereocenters. The van der Waals surface area contributed by atoms with Gasteiger partial charge in [-0.1, -0.05) is 43.1 Å². The normalized spacial score (nSPS) is 22.4. The van der Waals surface area contributed by atoms with Gasteiger partial charge in [-0.2, -0.15) is 0 Å². The number of benzene rings is 1. The first kappa shape index (κ1) is 16.1. The molecule has 2 rings (SSSR count). The van der Waals surface area contributed by atoms with Gasteiger partial charge in [0, 0.05) is 6.54 Å². The Morgan fingerprint density at radius 1 is 1.14 bits per heavy atom. The van der Waals surface area contributed by atoms with Crippen LogP contribution in [0.25, 0.3) is 0 Å². The molecule has 21 heavy (non-hydrogen) atoms. The predicted molar refractivity (Wildman–Crippen MR) is 83.3 cm³/mol. The second-order valence-corrected chi connectivity index (χ2v) is 5.92. The first-order valence-corrected chi connectivity index (χ1v) is 7.78. The molecule has 1 aromatic carbocycles. The molecule has 1 aromatic rings. The van der Waals surface area contributed by atoms with Crippen LogP contribution in [0.3, 0.4) is 0 Å². The number of halogens is 2. The molecule has 0 radical (unpaired) electrons. The Balaban J connectivity index is 2.26. The summed E-state index contributed by atoms with van der Waals surface area (Å²) in [6.07, 6.45) is 1.16. The highest BCUT2D eigenvalue weighted by Crippen LogP contribution is 2.25. The summed E-state index contributed by atoms with van der Waals surface area (Å²) in [5.41, 5.74) is 0.862. The van der Waals surface area contributed by atoms with Gasteiger partial charge in [-0.15, -0.1) is 0 Å². The third-order valence-corrected chi connectivity index (χ3v) is 4.45. The molecule has 1 N–H and O–H groups in total. The zero-order valence-corrected chi connectivity index (χ0v) is 13.5. The van der Waals surface area contributed by atoms with Crippen molar-refractivity contribution in [3.8, 4) is 0 Å². The number of hydrogen-bond acceptors (Lipinski definition) is 2. The van der Waals surface area contributed by atoms with E-state index in [1.54, 1.807) is 17.0 Å². The van der Waals surface area contributed by atoms with Crippen LogP contribution in [0, 0.1) is 0 Å². The fourth-order valence-electron chi connectivity index (χ4n) is 2.53. The molecule has 1 saturated heterocycles. The zero-order chi connectivity index (χ0) is 15.6. The van der Waals surface area contributed by atoms with Crippen LogP contribution in [-0.2, 0) is 16.1 Å². The first-order valence-electron chi connectivity index (χ1n) is 7.02. The van der Waals surface area contributed by atoms with Gasteiger partial charge in [-0.05, 0) is 30.5 Å². The molecule has 4 nitrogen and oxygen atoms in total. The minimum atomic E-state index is -0.442. The Kier molecular flexibility index (Phi) is 5.12. The third-order valence-electron chi connectivity index (χ3n) is 3.71. The Labute approximate surface area is 134 Å². The second kappa shape index (κ2) is 6.67. The monoisotopic (exact) mass is 328 g/mol. The summed E-state index contributed by atoms with van der Waals surface area (Å²) in [6, 6.07) is 4.38. The standard InChI is InChI=1S/C15H18Cl2N2O2/c1-3-12-15(21)19(13(4-2)14(20)18-12)8-9-5-6-10(16)11(17)7-9/h5-7,12-13H,3-4,8H2,1-2H3,(H,18,20). The van der Waals surface area contributed by atoms with E-state index in [0.717, 1.165) is 5.56 Å². The zero-order valence-electron chi connectivity index (χ0n) is 12.0. The summed E-state index contributed by atoms with van der Waals surface area (Å²) in [5.74, 6) is -0.140. The lowest BCUT2D eigenvalue weighted by molar-refractivity contribution is -0.150. The number of carbonyl (C=O) groups is 2. The van der Waals surface area contributed by atoms with Gasteiger partial charge in [0.25, 0.3) is 0 Å². The smallest absolute Gasteiger partial charge is 0.246 e. The van der Waals surface area contributed by atoms with Crippen molar-refractivity contribution < 1.29 is 9.59 Å². The molecular weight excluding hydrogens is 311 g/mol. The van der Waals surface area contributed by atoms with Crippen molar-refractivity contribution >= 4 is 35.0 Å². The summed E-state index contributed by atoms with van der Waals surface area (Å²) in [4.78, 5) is 26.2. The number of nitrogens with one attached hydrogen (secondary N) is 1. The molecule has 0 bridgehead atoms. The molecule has 1 heterocycles. The Bertz CT molecular complexity index is 563. The van der Waals surface area contributed by atoms with Crippen molar-refractivity contribution in [3.63, 3.8) is 0 Å².